The van der Waals surface area contributed by atoms with Gasteiger partial charge in [-0.3, -0.25) is 0 Å². The predicted molar refractivity (Wildman–Crippen MR) is 83.7 cm³/mol. The van der Waals surface area contributed by atoms with Gasteiger partial charge in [-0.15, -0.1) is 0 Å². The lowest BCUT2D eigenvalue weighted by molar-refractivity contribution is 0.0697. The van der Waals surface area contributed by atoms with Crippen LogP contribution < -0.4 is 4.74 Å². The minimum absolute atomic E-state index is 0.0593. The average molecular weight is 335 g/mol. The molecule has 0 fully saturated rings. The number of ether oxygens (including phenoxy) is 1. The van der Waals surface area contributed by atoms with Crippen LogP contribution in [0, 0.1) is 12.7 Å². The van der Waals surface area contributed by atoms with E-state index in [0.717, 1.165) is 0 Å². The van der Waals surface area contributed by atoms with E-state index in [9.17, 15) is 14.3 Å². The fourth-order valence-corrected chi connectivity index (χ4v) is 2.60. The maximum absolute atomic E-state index is 13.7. The zero-order chi connectivity index (χ0) is 16.6. The van der Waals surface area contributed by atoms with E-state index in [1.807, 2.05) is 0 Å². The fraction of sp³-hybridized carbons (Fsp3) is 0.118. The number of carboxylic acid groups (broad SMARTS) is 1. The summed E-state index contributed by atoms with van der Waals surface area (Å²) in [5, 5.41) is 9.97. The highest BCUT2D eigenvalue weighted by molar-refractivity contribution is 6.31. The molecule has 1 N–H and O–H groups in total. The third-order valence-electron chi connectivity index (χ3n) is 3.49. The molecule has 1 aromatic heterocycles. The molecule has 0 spiro atoms. The minimum atomic E-state index is -1.07. The van der Waals surface area contributed by atoms with Crippen LogP contribution in [0.25, 0.3) is 11.0 Å². The van der Waals surface area contributed by atoms with E-state index in [2.05, 4.69) is 0 Å². The molecule has 0 aliphatic carbocycles. The molecule has 6 heteroatoms. The quantitative estimate of drug-likeness (QED) is 0.743. The lowest BCUT2D eigenvalue weighted by Crippen LogP contribution is -2.00. The number of carbonyl (C=O) groups is 1. The Morgan fingerprint density at radius 1 is 1.35 bits per heavy atom. The van der Waals surface area contributed by atoms with Crippen molar-refractivity contribution in [3.8, 4) is 5.75 Å². The second-order valence-corrected chi connectivity index (χ2v) is 5.39. The van der Waals surface area contributed by atoms with Crippen LogP contribution in [0.5, 0.6) is 5.75 Å². The van der Waals surface area contributed by atoms with Gasteiger partial charge in [-0.2, -0.15) is 0 Å². The third kappa shape index (κ3) is 2.87. The topological polar surface area (TPSA) is 59.7 Å². The van der Waals surface area contributed by atoms with E-state index in [1.165, 1.54) is 12.1 Å². The van der Waals surface area contributed by atoms with Crippen molar-refractivity contribution in [3.05, 3.63) is 64.1 Å². The highest BCUT2D eigenvalue weighted by Gasteiger charge is 2.18. The van der Waals surface area contributed by atoms with Crippen LogP contribution >= 0.6 is 11.6 Å². The smallest absolute Gasteiger partial charge is 0.339 e. The van der Waals surface area contributed by atoms with Crippen LogP contribution in [0.3, 0.4) is 0 Å². The molecule has 3 aromatic rings. The van der Waals surface area contributed by atoms with Crippen LogP contribution in [0.4, 0.5) is 4.39 Å². The molecule has 0 bridgehead atoms. The fourth-order valence-electron chi connectivity index (χ4n) is 2.38. The Hall–Kier alpha value is -2.53. The van der Waals surface area contributed by atoms with Crippen LogP contribution in [-0.2, 0) is 6.61 Å². The molecule has 0 amide bonds. The number of furan rings is 1. The summed E-state index contributed by atoms with van der Waals surface area (Å²) in [5.41, 5.74) is 0.793. The van der Waals surface area contributed by atoms with Gasteiger partial charge in [0.1, 0.15) is 35.1 Å². The van der Waals surface area contributed by atoms with Gasteiger partial charge in [-0.05, 0) is 37.3 Å². The van der Waals surface area contributed by atoms with Gasteiger partial charge < -0.3 is 14.3 Å². The molecule has 3 rings (SSSR count). The largest absolute Gasteiger partial charge is 0.489 e. The highest BCUT2D eigenvalue weighted by Crippen LogP contribution is 2.30. The van der Waals surface area contributed by atoms with Crippen molar-refractivity contribution in [3.63, 3.8) is 0 Å². The van der Waals surface area contributed by atoms with Crippen molar-refractivity contribution in [2.24, 2.45) is 0 Å². The summed E-state index contributed by atoms with van der Waals surface area (Å²) in [6, 6.07) is 9.20. The average Bonchev–Trinajstić information content (AvgIpc) is 2.82. The lowest BCUT2D eigenvalue weighted by Gasteiger charge is -2.08. The first-order valence-electron chi connectivity index (χ1n) is 6.79. The Morgan fingerprint density at radius 2 is 2.13 bits per heavy atom. The molecular weight excluding hydrogens is 323 g/mol. The van der Waals surface area contributed by atoms with Gasteiger partial charge in [0.15, 0.2) is 0 Å². The number of aryl methyl sites for hydroxylation is 1. The molecule has 0 saturated heterocycles. The molecule has 2 aromatic carbocycles. The molecule has 0 unspecified atom stereocenters. The van der Waals surface area contributed by atoms with Crippen molar-refractivity contribution >= 4 is 28.5 Å². The van der Waals surface area contributed by atoms with Gasteiger partial charge in [0.05, 0.1) is 5.02 Å². The zero-order valence-corrected chi connectivity index (χ0v) is 12.9. The summed E-state index contributed by atoms with van der Waals surface area (Å²) in [6.45, 7) is 1.53. The summed E-state index contributed by atoms with van der Waals surface area (Å²) >= 11 is 5.95. The van der Waals surface area contributed by atoms with E-state index in [0.29, 0.717) is 22.5 Å². The number of halogens is 2. The highest BCUT2D eigenvalue weighted by atomic mass is 35.5. The van der Waals surface area contributed by atoms with Crippen molar-refractivity contribution in [1.82, 2.24) is 0 Å². The van der Waals surface area contributed by atoms with Crippen LogP contribution in [0.1, 0.15) is 21.7 Å². The van der Waals surface area contributed by atoms with Crippen molar-refractivity contribution < 1.29 is 23.4 Å². The normalized spacial score (nSPS) is 10.9. The molecule has 23 heavy (non-hydrogen) atoms. The number of rotatable bonds is 4. The molecule has 0 radical (unpaired) electrons. The van der Waals surface area contributed by atoms with E-state index in [-0.39, 0.29) is 22.8 Å². The SMILES string of the molecule is Cc1oc2ccc(OCc3c(F)cccc3Cl)cc2c1C(=O)O. The molecular formula is C17H12ClFO4. The number of carboxylic acids is 1. The van der Waals surface area contributed by atoms with E-state index < -0.39 is 11.8 Å². The Balaban J connectivity index is 1.92. The number of fused-ring (bicyclic) bond motifs is 1. The molecule has 4 nitrogen and oxygen atoms in total. The Kier molecular flexibility index (Phi) is 3.96. The number of aromatic carboxylic acids is 1. The van der Waals surface area contributed by atoms with E-state index in [1.54, 1.807) is 31.2 Å². The maximum atomic E-state index is 13.7. The van der Waals surface area contributed by atoms with Gasteiger partial charge in [-0.25, -0.2) is 9.18 Å². The van der Waals surface area contributed by atoms with Gasteiger partial charge in [0.25, 0.3) is 0 Å². The second-order valence-electron chi connectivity index (χ2n) is 4.99. The van der Waals surface area contributed by atoms with Crippen molar-refractivity contribution in [2.45, 2.75) is 13.5 Å². The Bertz CT molecular complexity index is 881. The summed E-state index contributed by atoms with van der Waals surface area (Å²) < 4.78 is 24.7. The zero-order valence-electron chi connectivity index (χ0n) is 12.1. The van der Waals surface area contributed by atoms with Crippen molar-refractivity contribution in [1.29, 1.82) is 0 Å². The van der Waals surface area contributed by atoms with Crippen LogP contribution in [0.2, 0.25) is 5.02 Å². The summed E-state index contributed by atoms with van der Waals surface area (Å²) in [7, 11) is 0. The van der Waals surface area contributed by atoms with E-state index >= 15 is 0 Å². The molecule has 0 atom stereocenters. The first-order valence-corrected chi connectivity index (χ1v) is 7.17. The first kappa shape index (κ1) is 15.4. The van der Waals surface area contributed by atoms with Gasteiger partial charge in [0.2, 0.25) is 0 Å². The number of hydrogen-bond donors (Lipinski definition) is 1. The molecule has 0 aliphatic heterocycles. The molecule has 118 valence electrons. The summed E-state index contributed by atoms with van der Waals surface area (Å²) in [6.07, 6.45) is 0. The van der Waals surface area contributed by atoms with Gasteiger partial charge >= 0.3 is 5.97 Å². The lowest BCUT2D eigenvalue weighted by atomic mass is 10.1. The van der Waals surface area contributed by atoms with E-state index in [4.69, 9.17) is 20.8 Å². The number of hydrogen-bond acceptors (Lipinski definition) is 3. The third-order valence-corrected chi connectivity index (χ3v) is 3.85. The number of benzene rings is 2. The van der Waals surface area contributed by atoms with Crippen molar-refractivity contribution in [2.75, 3.05) is 0 Å². The molecule has 1 heterocycles. The summed E-state index contributed by atoms with van der Waals surface area (Å²) in [5.74, 6) is -0.804. The monoisotopic (exact) mass is 334 g/mol. The Morgan fingerprint density at radius 3 is 2.83 bits per heavy atom. The first-order chi connectivity index (χ1) is 11.0. The maximum Gasteiger partial charge on any atom is 0.339 e. The summed E-state index contributed by atoms with van der Waals surface area (Å²) in [4.78, 5) is 11.3. The standard InChI is InChI=1S/C17H12ClFO4/c1-9-16(17(20)21)11-7-10(5-6-15(11)23-9)22-8-12-13(18)3-2-4-14(12)19/h2-7H,8H2,1H3,(H,20,21). The molecule has 0 aliphatic rings. The van der Waals surface area contributed by atoms with Gasteiger partial charge in [0, 0.05) is 10.9 Å². The minimum Gasteiger partial charge on any atom is -0.489 e. The Labute approximate surface area is 136 Å². The molecule has 0 saturated carbocycles. The van der Waals surface area contributed by atoms with Crippen LogP contribution in [0.15, 0.2) is 40.8 Å². The van der Waals surface area contributed by atoms with Gasteiger partial charge in [-0.1, -0.05) is 17.7 Å². The van der Waals surface area contributed by atoms with Crippen LogP contribution in [-0.4, -0.2) is 11.1 Å². The predicted octanol–water partition coefficient (Wildman–Crippen LogP) is 4.81. The second kappa shape index (κ2) is 5.93.